The zero-order valence-corrected chi connectivity index (χ0v) is 16.8. The van der Waals surface area contributed by atoms with Gasteiger partial charge in [0.2, 0.25) is 0 Å². The van der Waals surface area contributed by atoms with Crippen LogP contribution in [0.2, 0.25) is 0 Å². The Morgan fingerprint density at radius 1 is 1.00 bits per heavy atom. The fourth-order valence-corrected chi connectivity index (χ4v) is 4.51. The molecule has 148 valence electrons. The molecule has 5 nitrogen and oxygen atoms in total. The van der Waals surface area contributed by atoms with Crippen molar-refractivity contribution in [2.75, 3.05) is 19.8 Å². The van der Waals surface area contributed by atoms with E-state index in [9.17, 15) is 9.59 Å². The normalized spacial score (nSPS) is 16.8. The first-order valence-electron chi connectivity index (χ1n) is 9.53. The molecule has 0 aliphatic carbocycles. The standard InChI is InChI=1S/C22H26N2O3S/c1-17(18-8-4-2-5-9-18)24-21(26)20(25)23-16-22(12-14-27-15-13-22)28-19-10-6-3-7-11-19/h2-11,17H,12-16H2,1H3,(H,23,25)(H,24,26). The van der Waals surface area contributed by atoms with E-state index in [2.05, 4.69) is 22.8 Å². The number of carbonyl (C=O) groups is 2. The maximum absolute atomic E-state index is 12.4. The molecular weight excluding hydrogens is 372 g/mol. The number of carbonyl (C=O) groups excluding carboxylic acids is 2. The van der Waals surface area contributed by atoms with Gasteiger partial charge in [-0.05, 0) is 37.5 Å². The van der Waals surface area contributed by atoms with E-state index in [0.717, 1.165) is 23.3 Å². The summed E-state index contributed by atoms with van der Waals surface area (Å²) in [7, 11) is 0. The van der Waals surface area contributed by atoms with Gasteiger partial charge in [0.05, 0.1) is 6.04 Å². The van der Waals surface area contributed by atoms with Crippen LogP contribution in [0.1, 0.15) is 31.4 Å². The summed E-state index contributed by atoms with van der Waals surface area (Å²) in [5.41, 5.74) is 0.962. The van der Waals surface area contributed by atoms with Crippen molar-refractivity contribution in [2.45, 2.75) is 35.4 Å². The first-order chi connectivity index (χ1) is 13.6. The molecule has 0 spiro atoms. The third-order valence-corrected chi connectivity index (χ3v) is 6.40. The third kappa shape index (κ3) is 5.59. The van der Waals surface area contributed by atoms with Gasteiger partial charge in [-0.15, -0.1) is 11.8 Å². The second-order valence-electron chi connectivity index (χ2n) is 7.00. The molecule has 3 rings (SSSR count). The van der Waals surface area contributed by atoms with Crippen molar-refractivity contribution in [1.82, 2.24) is 10.6 Å². The summed E-state index contributed by atoms with van der Waals surface area (Å²) in [6.45, 7) is 3.62. The summed E-state index contributed by atoms with van der Waals surface area (Å²) in [4.78, 5) is 25.8. The van der Waals surface area contributed by atoms with Gasteiger partial charge in [0.1, 0.15) is 0 Å². The number of thioether (sulfide) groups is 1. The Morgan fingerprint density at radius 2 is 1.61 bits per heavy atom. The minimum atomic E-state index is -0.608. The van der Waals surface area contributed by atoms with Crippen LogP contribution < -0.4 is 10.6 Å². The van der Waals surface area contributed by atoms with E-state index in [4.69, 9.17) is 4.74 Å². The Labute approximate surface area is 170 Å². The lowest BCUT2D eigenvalue weighted by Gasteiger charge is -2.36. The Bertz CT molecular complexity index is 777. The number of hydrogen-bond acceptors (Lipinski definition) is 4. The largest absolute Gasteiger partial charge is 0.381 e. The number of benzene rings is 2. The molecule has 1 fully saturated rings. The molecule has 6 heteroatoms. The van der Waals surface area contributed by atoms with Gasteiger partial charge in [0.25, 0.3) is 0 Å². The molecule has 1 saturated heterocycles. The Hall–Kier alpha value is -2.31. The number of amides is 2. The minimum Gasteiger partial charge on any atom is -0.381 e. The summed E-state index contributed by atoms with van der Waals surface area (Å²) >= 11 is 1.75. The van der Waals surface area contributed by atoms with Crippen LogP contribution in [0.25, 0.3) is 0 Å². The highest BCUT2D eigenvalue weighted by atomic mass is 32.2. The van der Waals surface area contributed by atoms with Gasteiger partial charge in [-0.1, -0.05) is 48.5 Å². The van der Waals surface area contributed by atoms with Crippen molar-refractivity contribution < 1.29 is 14.3 Å². The van der Waals surface area contributed by atoms with Gasteiger partial charge in [-0.3, -0.25) is 9.59 Å². The summed E-state index contributed by atoms with van der Waals surface area (Å²) in [5, 5.41) is 5.61. The third-order valence-electron chi connectivity index (χ3n) is 4.91. The second-order valence-corrected chi connectivity index (χ2v) is 8.54. The predicted octanol–water partition coefficient (Wildman–Crippen LogP) is 3.32. The second kappa shape index (κ2) is 9.75. The van der Waals surface area contributed by atoms with Gasteiger partial charge in [0, 0.05) is 29.4 Å². The molecule has 2 aromatic rings. The molecule has 2 amide bonds. The molecule has 1 atom stereocenters. The maximum Gasteiger partial charge on any atom is 0.309 e. The molecule has 0 radical (unpaired) electrons. The van der Waals surface area contributed by atoms with E-state index < -0.39 is 11.8 Å². The SMILES string of the molecule is CC(NC(=O)C(=O)NCC1(Sc2ccccc2)CCOCC1)c1ccccc1. The van der Waals surface area contributed by atoms with Crippen molar-refractivity contribution >= 4 is 23.6 Å². The fourth-order valence-electron chi connectivity index (χ4n) is 3.21. The Balaban J connectivity index is 1.58. The Kier molecular flexibility index (Phi) is 7.12. The molecule has 0 saturated carbocycles. The predicted molar refractivity (Wildman–Crippen MR) is 111 cm³/mol. The lowest BCUT2D eigenvalue weighted by Crippen LogP contribution is -2.48. The van der Waals surface area contributed by atoms with Crippen LogP contribution in [0.5, 0.6) is 0 Å². The quantitative estimate of drug-likeness (QED) is 0.733. The lowest BCUT2D eigenvalue weighted by molar-refractivity contribution is -0.139. The van der Waals surface area contributed by atoms with E-state index in [0.29, 0.717) is 19.8 Å². The van der Waals surface area contributed by atoms with Crippen LogP contribution in [-0.2, 0) is 14.3 Å². The van der Waals surface area contributed by atoms with E-state index in [1.165, 1.54) is 0 Å². The summed E-state index contributed by atoms with van der Waals surface area (Å²) in [6, 6.07) is 19.5. The highest BCUT2D eigenvalue weighted by molar-refractivity contribution is 8.00. The van der Waals surface area contributed by atoms with Crippen LogP contribution in [0.15, 0.2) is 65.6 Å². The molecule has 0 bridgehead atoms. The van der Waals surface area contributed by atoms with Crippen LogP contribution >= 0.6 is 11.8 Å². The molecule has 1 aliphatic rings. The average Bonchev–Trinajstić information content (AvgIpc) is 2.74. The first-order valence-corrected chi connectivity index (χ1v) is 10.4. The van der Waals surface area contributed by atoms with Crippen molar-refractivity contribution in [3.05, 3.63) is 66.2 Å². The van der Waals surface area contributed by atoms with Crippen molar-refractivity contribution in [3.63, 3.8) is 0 Å². The summed E-state index contributed by atoms with van der Waals surface area (Å²) in [6.07, 6.45) is 1.66. The zero-order valence-electron chi connectivity index (χ0n) is 16.0. The topological polar surface area (TPSA) is 67.4 Å². The smallest absolute Gasteiger partial charge is 0.309 e. The van der Waals surface area contributed by atoms with Gasteiger partial charge < -0.3 is 15.4 Å². The Morgan fingerprint density at radius 3 is 2.25 bits per heavy atom. The molecule has 1 unspecified atom stereocenters. The molecule has 0 aromatic heterocycles. The maximum atomic E-state index is 12.4. The van der Waals surface area contributed by atoms with E-state index in [-0.39, 0.29) is 10.8 Å². The number of rotatable bonds is 6. The molecular formula is C22H26N2O3S. The number of ether oxygens (including phenoxy) is 1. The van der Waals surface area contributed by atoms with Gasteiger partial charge in [-0.2, -0.15) is 0 Å². The van der Waals surface area contributed by atoms with Crippen LogP contribution in [0.4, 0.5) is 0 Å². The minimum absolute atomic E-state index is 0.166. The van der Waals surface area contributed by atoms with E-state index >= 15 is 0 Å². The molecule has 1 heterocycles. The van der Waals surface area contributed by atoms with Crippen molar-refractivity contribution in [1.29, 1.82) is 0 Å². The van der Waals surface area contributed by atoms with Gasteiger partial charge >= 0.3 is 11.8 Å². The number of nitrogens with one attached hydrogen (secondary N) is 2. The first kappa shape index (κ1) is 20.4. The van der Waals surface area contributed by atoms with Gasteiger partial charge in [0.15, 0.2) is 0 Å². The van der Waals surface area contributed by atoms with Crippen LogP contribution in [-0.4, -0.2) is 36.3 Å². The number of hydrogen-bond donors (Lipinski definition) is 2. The van der Waals surface area contributed by atoms with Crippen molar-refractivity contribution in [3.8, 4) is 0 Å². The fraction of sp³-hybridized carbons (Fsp3) is 0.364. The monoisotopic (exact) mass is 398 g/mol. The molecule has 1 aliphatic heterocycles. The van der Waals surface area contributed by atoms with Crippen molar-refractivity contribution in [2.24, 2.45) is 0 Å². The van der Waals surface area contributed by atoms with Crippen LogP contribution in [0.3, 0.4) is 0 Å². The average molecular weight is 399 g/mol. The molecule has 2 N–H and O–H groups in total. The highest BCUT2D eigenvalue weighted by Crippen LogP contribution is 2.40. The molecule has 2 aromatic carbocycles. The summed E-state index contributed by atoms with van der Waals surface area (Å²) in [5.74, 6) is -1.20. The highest BCUT2D eigenvalue weighted by Gasteiger charge is 2.35. The van der Waals surface area contributed by atoms with Crippen LogP contribution in [0, 0.1) is 0 Å². The van der Waals surface area contributed by atoms with Gasteiger partial charge in [-0.25, -0.2) is 0 Å². The van der Waals surface area contributed by atoms with E-state index in [1.54, 1.807) is 11.8 Å². The molecule has 28 heavy (non-hydrogen) atoms. The summed E-state index contributed by atoms with van der Waals surface area (Å²) < 4.78 is 5.35. The zero-order chi connectivity index (χ0) is 19.8. The van der Waals surface area contributed by atoms with E-state index in [1.807, 2.05) is 55.5 Å². The lowest BCUT2D eigenvalue weighted by atomic mass is 9.99.